The molecule has 1 heterocycles. The van der Waals surface area contributed by atoms with E-state index in [-0.39, 0.29) is 0 Å². The van der Waals surface area contributed by atoms with Gasteiger partial charge < -0.3 is 0 Å². The maximum atomic E-state index is 2.40. The van der Waals surface area contributed by atoms with Gasteiger partial charge in [0.1, 0.15) is 0 Å². The summed E-state index contributed by atoms with van der Waals surface area (Å²) < 4.78 is 0. The Kier molecular flexibility index (Phi) is 1.94. The van der Waals surface area contributed by atoms with E-state index in [1.54, 1.807) is 5.56 Å². The van der Waals surface area contributed by atoms with Gasteiger partial charge in [0, 0.05) is 16.1 Å². The van der Waals surface area contributed by atoms with Crippen LogP contribution >= 0.6 is 11.8 Å². The Bertz CT molecular complexity index is 392. The Morgan fingerprint density at radius 2 is 2.29 bits per heavy atom. The number of thioether (sulfide) groups is 1. The van der Waals surface area contributed by atoms with Crippen LogP contribution in [0.3, 0.4) is 0 Å². The quantitative estimate of drug-likeness (QED) is 0.575. The van der Waals surface area contributed by atoms with Gasteiger partial charge >= 0.3 is 0 Å². The lowest BCUT2D eigenvalue weighted by Gasteiger charge is -2.19. The highest BCUT2D eigenvalue weighted by molar-refractivity contribution is 8.00. The first-order chi connectivity index (χ1) is 6.84. The summed E-state index contributed by atoms with van der Waals surface area (Å²) in [6.45, 7) is 2.18. The van der Waals surface area contributed by atoms with E-state index >= 15 is 0 Å². The van der Waals surface area contributed by atoms with Gasteiger partial charge in [-0.1, -0.05) is 24.3 Å². The average molecular weight is 202 g/mol. The molecule has 1 aromatic rings. The number of aryl methyl sites for hydroxylation is 1. The van der Waals surface area contributed by atoms with Crippen molar-refractivity contribution >= 4 is 11.8 Å². The SMILES string of the molecule is Cc1ccc2c(c1)SC1C=CCCC21. The van der Waals surface area contributed by atoms with Gasteiger partial charge in [0.2, 0.25) is 0 Å². The van der Waals surface area contributed by atoms with Crippen LogP contribution in [0.2, 0.25) is 0 Å². The molecule has 0 nitrogen and oxygen atoms in total. The van der Waals surface area contributed by atoms with Gasteiger partial charge in [-0.3, -0.25) is 0 Å². The predicted molar refractivity (Wildman–Crippen MR) is 61.9 cm³/mol. The second-order valence-electron chi connectivity index (χ2n) is 4.24. The monoisotopic (exact) mass is 202 g/mol. The van der Waals surface area contributed by atoms with Crippen molar-refractivity contribution in [3.63, 3.8) is 0 Å². The molecule has 0 spiro atoms. The van der Waals surface area contributed by atoms with Crippen molar-refractivity contribution in [1.29, 1.82) is 0 Å². The summed E-state index contributed by atoms with van der Waals surface area (Å²) in [5.74, 6) is 0.792. The van der Waals surface area contributed by atoms with Crippen LogP contribution in [0.4, 0.5) is 0 Å². The fourth-order valence-electron chi connectivity index (χ4n) is 2.45. The van der Waals surface area contributed by atoms with Gasteiger partial charge in [0.05, 0.1) is 0 Å². The van der Waals surface area contributed by atoms with Crippen LogP contribution in [0.15, 0.2) is 35.2 Å². The topological polar surface area (TPSA) is 0 Å². The Morgan fingerprint density at radius 3 is 3.21 bits per heavy atom. The molecule has 1 aliphatic carbocycles. The van der Waals surface area contributed by atoms with Crippen molar-refractivity contribution in [2.45, 2.75) is 35.8 Å². The van der Waals surface area contributed by atoms with Crippen LogP contribution in [0, 0.1) is 6.92 Å². The maximum Gasteiger partial charge on any atom is 0.0343 e. The molecule has 2 unspecified atom stereocenters. The molecule has 1 aliphatic heterocycles. The summed E-state index contributed by atoms with van der Waals surface area (Å²) in [5.41, 5.74) is 2.98. The Labute approximate surface area is 89.4 Å². The van der Waals surface area contributed by atoms with Crippen molar-refractivity contribution in [3.8, 4) is 0 Å². The van der Waals surface area contributed by atoms with Gasteiger partial charge in [-0.15, -0.1) is 11.8 Å². The third-order valence-electron chi connectivity index (χ3n) is 3.20. The minimum absolute atomic E-state index is 0.723. The van der Waals surface area contributed by atoms with Gasteiger partial charge in [-0.25, -0.2) is 0 Å². The Balaban J connectivity index is 2.06. The van der Waals surface area contributed by atoms with Crippen molar-refractivity contribution in [2.75, 3.05) is 0 Å². The summed E-state index contributed by atoms with van der Waals surface area (Å²) in [4.78, 5) is 1.52. The van der Waals surface area contributed by atoms with Gasteiger partial charge in [-0.05, 0) is 37.0 Å². The number of hydrogen-bond donors (Lipinski definition) is 0. The molecule has 0 saturated heterocycles. The highest BCUT2D eigenvalue weighted by atomic mass is 32.2. The van der Waals surface area contributed by atoms with Crippen molar-refractivity contribution < 1.29 is 0 Å². The molecule has 72 valence electrons. The van der Waals surface area contributed by atoms with E-state index < -0.39 is 0 Å². The number of fused-ring (bicyclic) bond motifs is 3. The molecule has 0 saturated carbocycles. The van der Waals surface area contributed by atoms with Gasteiger partial charge in [0.25, 0.3) is 0 Å². The summed E-state index contributed by atoms with van der Waals surface area (Å²) in [5, 5.41) is 0.723. The first kappa shape index (κ1) is 8.60. The van der Waals surface area contributed by atoms with Crippen LogP contribution in [0.25, 0.3) is 0 Å². The minimum Gasteiger partial charge on any atom is -0.118 e. The molecule has 0 radical (unpaired) electrons. The van der Waals surface area contributed by atoms with E-state index in [0.29, 0.717) is 0 Å². The first-order valence-corrected chi connectivity index (χ1v) is 6.16. The zero-order valence-electron chi connectivity index (χ0n) is 8.36. The molecule has 0 amide bonds. The largest absolute Gasteiger partial charge is 0.118 e. The van der Waals surface area contributed by atoms with Crippen molar-refractivity contribution in [3.05, 3.63) is 41.5 Å². The predicted octanol–water partition coefficient (Wildman–Crippen LogP) is 3.90. The van der Waals surface area contributed by atoms with Crippen LogP contribution in [-0.2, 0) is 0 Å². The third-order valence-corrected chi connectivity index (χ3v) is 4.56. The number of rotatable bonds is 0. The zero-order chi connectivity index (χ0) is 9.54. The normalized spacial score (nSPS) is 28.6. The zero-order valence-corrected chi connectivity index (χ0v) is 9.18. The average Bonchev–Trinajstić information content (AvgIpc) is 2.54. The fourth-order valence-corrected chi connectivity index (χ4v) is 3.99. The molecule has 0 N–H and O–H groups in total. The first-order valence-electron chi connectivity index (χ1n) is 5.28. The highest BCUT2D eigenvalue weighted by Crippen LogP contribution is 2.49. The lowest BCUT2D eigenvalue weighted by molar-refractivity contribution is 0.633. The second kappa shape index (κ2) is 3.16. The molecule has 0 bridgehead atoms. The molecule has 3 rings (SSSR count). The Hall–Kier alpha value is -0.690. The molecular formula is C13H14S. The molecule has 2 atom stereocenters. The Morgan fingerprint density at radius 1 is 1.36 bits per heavy atom. The smallest absolute Gasteiger partial charge is 0.0343 e. The highest BCUT2D eigenvalue weighted by Gasteiger charge is 2.32. The lowest BCUT2D eigenvalue weighted by Crippen LogP contribution is -2.10. The van der Waals surface area contributed by atoms with Crippen LogP contribution in [0.1, 0.15) is 29.9 Å². The number of allylic oxidation sites excluding steroid dienone is 1. The summed E-state index contributed by atoms with van der Waals surface area (Å²) in [6.07, 6.45) is 7.33. The fraction of sp³-hybridized carbons (Fsp3) is 0.385. The summed E-state index contributed by atoms with van der Waals surface area (Å²) >= 11 is 2.05. The molecule has 14 heavy (non-hydrogen) atoms. The molecular weight excluding hydrogens is 188 g/mol. The minimum atomic E-state index is 0.723. The maximum absolute atomic E-state index is 2.40. The van der Waals surface area contributed by atoms with E-state index in [1.807, 2.05) is 11.8 Å². The summed E-state index contributed by atoms with van der Waals surface area (Å²) in [6, 6.07) is 6.92. The van der Waals surface area contributed by atoms with Gasteiger partial charge in [-0.2, -0.15) is 0 Å². The molecule has 0 fully saturated rings. The summed E-state index contributed by atoms with van der Waals surface area (Å²) in [7, 11) is 0. The standard InChI is InChI=1S/C13H14S/c1-9-6-7-11-10-4-2-3-5-12(10)14-13(11)8-9/h3,5-8,10,12H,2,4H2,1H3. The number of benzene rings is 1. The van der Waals surface area contributed by atoms with Crippen LogP contribution in [0.5, 0.6) is 0 Å². The van der Waals surface area contributed by atoms with E-state index in [9.17, 15) is 0 Å². The molecule has 0 aromatic heterocycles. The third kappa shape index (κ3) is 1.23. The number of hydrogen-bond acceptors (Lipinski definition) is 1. The van der Waals surface area contributed by atoms with E-state index in [4.69, 9.17) is 0 Å². The van der Waals surface area contributed by atoms with E-state index in [0.717, 1.165) is 11.2 Å². The molecule has 1 aromatic carbocycles. The van der Waals surface area contributed by atoms with Gasteiger partial charge in [0.15, 0.2) is 0 Å². The molecule has 2 aliphatic rings. The van der Waals surface area contributed by atoms with Crippen LogP contribution < -0.4 is 0 Å². The lowest BCUT2D eigenvalue weighted by atomic mass is 9.87. The van der Waals surface area contributed by atoms with E-state index in [2.05, 4.69) is 37.3 Å². The van der Waals surface area contributed by atoms with Crippen LogP contribution in [-0.4, -0.2) is 5.25 Å². The second-order valence-corrected chi connectivity index (χ2v) is 5.46. The van der Waals surface area contributed by atoms with Crippen molar-refractivity contribution in [1.82, 2.24) is 0 Å². The van der Waals surface area contributed by atoms with Crippen molar-refractivity contribution in [2.24, 2.45) is 0 Å². The van der Waals surface area contributed by atoms with E-state index in [1.165, 1.54) is 23.3 Å². The molecule has 1 heteroatoms.